The smallest absolute Gasteiger partial charge is 0.119 e. The van der Waals surface area contributed by atoms with Crippen LogP contribution in [0.15, 0.2) is 30.8 Å². The molecule has 0 spiro atoms. The maximum absolute atomic E-state index is 5.69. The summed E-state index contributed by atoms with van der Waals surface area (Å²) in [4.78, 5) is 2.36. The molecule has 0 amide bonds. The van der Waals surface area contributed by atoms with Gasteiger partial charge >= 0.3 is 0 Å². The van der Waals surface area contributed by atoms with E-state index in [2.05, 4.69) is 11.5 Å². The van der Waals surface area contributed by atoms with Crippen LogP contribution in [0, 0.1) is 0 Å². The average molecular weight is 233 g/mol. The first-order valence-corrected chi connectivity index (χ1v) is 6.04. The van der Waals surface area contributed by atoms with Crippen molar-refractivity contribution in [2.45, 2.75) is 0 Å². The van der Waals surface area contributed by atoms with Gasteiger partial charge in [0.15, 0.2) is 0 Å². The zero-order valence-electron chi connectivity index (χ0n) is 10.1. The van der Waals surface area contributed by atoms with E-state index in [-0.39, 0.29) is 0 Å². The number of ether oxygens (including phenoxy) is 2. The second-order valence-electron chi connectivity index (χ2n) is 4.08. The van der Waals surface area contributed by atoms with E-state index >= 15 is 0 Å². The fourth-order valence-electron chi connectivity index (χ4n) is 1.82. The lowest BCUT2D eigenvalue weighted by Crippen LogP contribution is -2.38. The van der Waals surface area contributed by atoms with Gasteiger partial charge in [-0.25, -0.2) is 0 Å². The van der Waals surface area contributed by atoms with E-state index in [0.717, 1.165) is 50.8 Å². The third-order valence-electron chi connectivity index (χ3n) is 2.90. The monoisotopic (exact) mass is 233 g/mol. The molecule has 0 bridgehead atoms. The van der Waals surface area contributed by atoms with Gasteiger partial charge in [-0.3, -0.25) is 4.90 Å². The topological polar surface area (TPSA) is 21.7 Å². The Labute approximate surface area is 103 Å². The number of rotatable bonds is 5. The van der Waals surface area contributed by atoms with Gasteiger partial charge in [-0.2, -0.15) is 0 Å². The Morgan fingerprint density at radius 2 is 1.94 bits per heavy atom. The van der Waals surface area contributed by atoms with Gasteiger partial charge in [0.25, 0.3) is 0 Å². The van der Waals surface area contributed by atoms with E-state index in [4.69, 9.17) is 9.47 Å². The van der Waals surface area contributed by atoms with Crippen molar-refractivity contribution in [3.05, 3.63) is 36.4 Å². The summed E-state index contributed by atoms with van der Waals surface area (Å²) >= 11 is 0. The van der Waals surface area contributed by atoms with Crippen molar-refractivity contribution in [3.63, 3.8) is 0 Å². The highest BCUT2D eigenvalue weighted by Crippen LogP contribution is 2.12. The zero-order valence-corrected chi connectivity index (χ0v) is 10.1. The molecule has 3 heteroatoms. The van der Waals surface area contributed by atoms with Crippen LogP contribution in [-0.4, -0.2) is 44.4 Å². The van der Waals surface area contributed by atoms with Gasteiger partial charge < -0.3 is 9.47 Å². The first-order chi connectivity index (χ1) is 8.38. The Balaban J connectivity index is 1.71. The van der Waals surface area contributed by atoms with Crippen LogP contribution in [0.25, 0.3) is 6.08 Å². The summed E-state index contributed by atoms with van der Waals surface area (Å²) in [5.74, 6) is 0.920. The van der Waals surface area contributed by atoms with E-state index in [1.807, 2.05) is 30.3 Å². The van der Waals surface area contributed by atoms with Crippen LogP contribution in [0.4, 0.5) is 0 Å². The number of hydrogen-bond acceptors (Lipinski definition) is 3. The van der Waals surface area contributed by atoms with E-state index < -0.39 is 0 Å². The quantitative estimate of drug-likeness (QED) is 0.777. The molecule has 17 heavy (non-hydrogen) atoms. The SMILES string of the molecule is C=Cc1ccc(OCCN2CCOCC2)cc1. The van der Waals surface area contributed by atoms with Crippen LogP contribution in [0.2, 0.25) is 0 Å². The molecule has 1 fully saturated rings. The zero-order chi connectivity index (χ0) is 11.9. The van der Waals surface area contributed by atoms with Crippen molar-refractivity contribution in [2.75, 3.05) is 39.5 Å². The lowest BCUT2D eigenvalue weighted by Gasteiger charge is -2.26. The van der Waals surface area contributed by atoms with Crippen LogP contribution in [0.5, 0.6) is 5.75 Å². The minimum absolute atomic E-state index is 0.730. The minimum Gasteiger partial charge on any atom is -0.492 e. The molecule has 0 aliphatic carbocycles. The van der Waals surface area contributed by atoms with Crippen LogP contribution in [0.3, 0.4) is 0 Å². The molecule has 0 radical (unpaired) electrons. The predicted octanol–water partition coefficient (Wildman–Crippen LogP) is 2.04. The fourth-order valence-corrected chi connectivity index (χ4v) is 1.82. The molecule has 1 saturated heterocycles. The molecule has 2 rings (SSSR count). The fraction of sp³-hybridized carbons (Fsp3) is 0.429. The van der Waals surface area contributed by atoms with Crippen molar-refractivity contribution in [3.8, 4) is 5.75 Å². The molecule has 1 aromatic rings. The highest BCUT2D eigenvalue weighted by atomic mass is 16.5. The second-order valence-corrected chi connectivity index (χ2v) is 4.08. The molecule has 1 aromatic carbocycles. The summed E-state index contributed by atoms with van der Waals surface area (Å²) < 4.78 is 11.0. The molecule has 0 atom stereocenters. The van der Waals surface area contributed by atoms with Crippen molar-refractivity contribution in [1.29, 1.82) is 0 Å². The van der Waals surface area contributed by atoms with Gasteiger partial charge in [0, 0.05) is 19.6 Å². The molecule has 1 heterocycles. The molecular formula is C14H19NO2. The largest absolute Gasteiger partial charge is 0.492 e. The average Bonchev–Trinajstić information content (AvgIpc) is 2.41. The first-order valence-electron chi connectivity index (χ1n) is 6.04. The van der Waals surface area contributed by atoms with Gasteiger partial charge in [0.05, 0.1) is 13.2 Å². The standard InChI is InChI=1S/C14H19NO2/c1-2-13-3-5-14(6-4-13)17-12-9-15-7-10-16-11-8-15/h2-6H,1,7-12H2. The van der Waals surface area contributed by atoms with Crippen molar-refractivity contribution >= 4 is 6.08 Å². The maximum Gasteiger partial charge on any atom is 0.119 e. The van der Waals surface area contributed by atoms with Crippen LogP contribution in [0.1, 0.15) is 5.56 Å². The summed E-state index contributed by atoms with van der Waals surface area (Å²) in [6.07, 6.45) is 1.83. The third-order valence-corrected chi connectivity index (χ3v) is 2.90. The van der Waals surface area contributed by atoms with Crippen molar-refractivity contribution in [1.82, 2.24) is 4.90 Å². The highest BCUT2D eigenvalue weighted by Gasteiger charge is 2.09. The second kappa shape index (κ2) is 6.42. The lowest BCUT2D eigenvalue weighted by molar-refractivity contribution is 0.0322. The first kappa shape index (κ1) is 12.1. The molecular weight excluding hydrogens is 214 g/mol. The highest BCUT2D eigenvalue weighted by molar-refractivity contribution is 5.48. The van der Waals surface area contributed by atoms with E-state index in [1.54, 1.807) is 0 Å². The molecule has 0 saturated carbocycles. The Morgan fingerprint density at radius 3 is 2.59 bits per heavy atom. The Hall–Kier alpha value is -1.32. The van der Waals surface area contributed by atoms with Gasteiger partial charge in [-0.05, 0) is 17.7 Å². The van der Waals surface area contributed by atoms with Crippen LogP contribution >= 0.6 is 0 Å². The maximum atomic E-state index is 5.69. The lowest BCUT2D eigenvalue weighted by atomic mass is 10.2. The number of benzene rings is 1. The predicted molar refractivity (Wildman–Crippen MR) is 69.3 cm³/mol. The van der Waals surface area contributed by atoms with Gasteiger partial charge in [-0.15, -0.1) is 0 Å². The third kappa shape index (κ3) is 3.88. The van der Waals surface area contributed by atoms with E-state index in [1.165, 1.54) is 0 Å². The molecule has 0 N–H and O–H groups in total. The minimum atomic E-state index is 0.730. The molecule has 3 nitrogen and oxygen atoms in total. The Morgan fingerprint density at radius 1 is 1.24 bits per heavy atom. The number of morpholine rings is 1. The number of nitrogens with zero attached hydrogens (tertiary/aromatic N) is 1. The van der Waals surface area contributed by atoms with E-state index in [0.29, 0.717) is 0 Å². The summed E-state index contributed by atoms with van der Waals surface area (Å²) in [7, 11) is 0. The van der Waals surface area contributed by atoms with Gasteiger partial charge in [-0.1, -0.05) is 24.8 Å². The molecule has 0 unspecified atom stereocenters. The van der Waals surface area contributed by atoms with Crippen LogP contribution in [-0.2, 0) is 4.74 Å². The summed E-state index contributed by atoms with van der Waals surface area (Å²) in [6, 6.07) is 7.99. The molecule has 92 valence electrons. The van der Waals surface area contributed by atoms with Gasteiger partial charge in [0.2, 0.25) is 0 Å². The Bertz CT molecular complexity index is 342. The molecule has 1 aliphatic rings. The summed E-state index contributed by atoms with van der Waals surface area (Å²) in [5, 5.41) is 0. The molecule has 1 aliphatic heterocycles. The summed E-state index contributed by atoms with van der Waals surface area (Å²) in [6.45, 7) is 9.13. The number of hydrogen-bond donors (Lipinski definition) is 0. The van der Waals surface area contributed by atoms with Crippen LogP contribution < -0.4 is 4.74 Å². The molecule has 0 aromatic heterocycles. The van der Waals surface area contributed by atoms with E-state index in [9.17, 15) is 0 Å². The normalized spacial score (nSPS) is 16.7. The van der Waals surface area contributed by atoms with Gasteiger partial charge in [0.1, 0.15) is 12.4 Å². The Kier molecular flexibility index (Phi) is 4.59. The van der Waals surface area contributed by atoms with Crippen molar-refractivity contribution < 1.29 is 9.47 Å². The summed E-state index contributed by atoms with van der Waals surface area (Å²) in [5.41, 5.74) is 1.12. The van der Waals surface area contributed by atoms with Crippen molar-refractivity contribution in [2.24, 2.45) is 0 Å².